The topological polar surface area (TPSA) is 77.8 Å². The zero-order chi connectivity index (χ0) is 24.8. The summed E-state index contributed by atoms with van der Waals surface area (Å²) in [6, 6.07) is 19.3. The number of rotatable bonds is 5. The Morgan fingerprint density at radius 2 is 1.49 bits per heavy atom. The fourth-order valence-corrected chi connectivity index (χ4v) is 4.41. The number of carbonyl (C=O) groups excluding carboxylic acids is 1. The summed E-state index contributed by atoms with van der Waals surface area (Å²) in [5, 5.41) is 20.0. The van der Waals surface area contributed by atoms with E-state index in [0.29, 0.717) is 17.3 Å². The van der Waals surface area contributed by atoms with E-state index in [9.17, 15) is 19.8 Å². The molecule has 0 heterocycles. The summed E-state index contributed by atoms with van der Waals surface area (Å²) in [6.45, 7) is 0.296. The van der Waals surface area contributed by atoms with Crippen molar-refractivity contribution in [1.82, 2.24) is 0 Å². The summed E-state index contributed by atoms with van der Waals surface area (Å²) in [5.41, 5.74) is 2.84. The zero-order valence-corrected chi connectivity index (χ0v) is 20.0. The Morgan fingerprint density at radius 1 is 0.886 bits per heavy atom. The van der Waals surface area contributed by atoms with Gasteiger partial charge in [-0.3, -0.25) is 4.79 Å². The van der Waals surface area contributed by atoms with Crippen LogP contribution >= 0.6 is 11.6 Å². The number of phenols is 1. The van der Waals surface area contributed by atoms with Crippen LogP contribution in [0.3, 0.4) is 0 Å². The molecule has 0 radical (unpaired) electrons. The predicted molar refractivity (Wildman–Crippen MR) is 137 cm³/mol. The van der Waals surface area contributed by atoms with E-state index in [1.165, 1.54) is 12.1 Å². The minimum atomic E-state index is -1.24. The molecule has 4 rings (SSSR count). The van der Waals surface area contributed by atoms with Crippen LogP contribution in [0.4, 0.5) is 5.69 Å². The van der Waals surface area contributed by atoms with E-state index in [4.69, 9.17) is 11.6 Å². The summed E-state index contributed by atoms with van der Waals surface area (Å²) < 4.78 is 0. The van der Waals surface area contributed by atoms with Gasteiger partial charge in [0.25, 0.3) is 0 Å². The fourth-order valence-electron chi connectivity index (χ4n) is 4.28. The van der Waals surface area contributed by atoms with E-state index >= 15 is 0 Å². The average molecular weight is 488 g/mol. The first-order valence-corrected chi connectivity index (χ1v) is 12.0. The first kappa shape index (κ1) is 24.4. The van der Waals surface area contributed by atoms with E-state index in [-0.39, 0.29) is 23.1 Å². The van der Waals surface area contributed by atoms with E-state index < -0.39 is 5.97 Å². The van der Waals surface area contributed by atoms with Crippen LogP contribution in [0.5, 0.6) is 5.75 Å². The molecule has 3 aromatic carbocycles. The van der Waals surface area contributed by atoms with Crippen LogP contribution < -0.4 is 4.90 Å². The van der Waals surface area contributed by atoms with Crippen LogP contribution in [0.25, 0.3) is 0 Å². The maximum atomic E-state index is 13.5. The van der Waals surface area contributed by atoms with Gasteiger partial charge in [-0.25, -0.2) is 4.79 Å². The first-order chi connectivity index (χ1) is 16.9. The van der Waals surface area contributed by atoms with Gasteiger partial charge >= 0.3 is 5.97 Å². The van der Waals surface area contributed by atoms with Gasteiger partial charge in [-0.1, -0.05) is 54.8 Å². The minimum absolute atomic E-state index is 0.0154. The lowest BCUT2D eigenvalue weighted by Crippen LogP contribution is -2.36. The summed E-state index contributed by atoms with van der Waals surface area (Å²) in [6.07, 6.45) is 4.82. The second-order valence-corrected chi connectivity index (χ2v) is 9.16. The molecule has 0 unspecified atom stereocenters. The highest BCUT2D eigenvalue weighted by Crippen LogP contribution is 2.31. The Morgan fingerprint density at radius 3 is 2.09 bits per heavy atom. The molecule has 0 aromatic heterocycles. The molecule has 5 nitrogen and oxygen atoms in total. The van der Waals surface area contributed by atoms with Gasteiger partial charge in [0, 0.05) is 27.8 Å². The number of hydrogen-bond acceptors (Lipinski definition) is 3. The van der Waals surface area contributed by atoms with Crippen molar-refractivity contribution in [3.63, 3.8) is 0 Å². The third-order valence-electron chi connectivity index (χ3n) is 6.23. The average Bonchev–Trinajstić information content (AvgIpc) is 2.88. The first-order valence-electron chi connectivity index (χ1n) is 11.6. The molecule has 1 amide bonds. The molecule has 1 aliphatic rings. The Bertz CT molecular complexity index is 1270. The van der Waals surface area contributed by atoms with Crippen LogP contribution in [0, 0.1) is 17.8 Å². The van der Waals surface area contributed by atoms with Gasteiger partial charge in [0.1, 0.15) is 11.3 Å². The van der Waals surface area contributed by atoms with Crippen LogP contribution in [0.15, 0.2) is 66.7 Å². The van der Waals surface area contributed by atoms with Crippen molar-refractivity contribution >= 4 is 29.2 Å². The van der Waals surface area contributed by atoms with Gasteiger partial charge in [0.15, 0.2) is 0 Å². The van der Waals surface area contributed by atoms with Crippen molar-refractivity contribution in [1.29, 1.82) is 0 Å². The van der Waals surface area contributed by atoms with Crippen molar-refractivity contribution in [3.05, 3.63) is 94.0 Å². The number of anilines is 1. The molecule has 0 spiro atoms. The second kappa shape index (κ2) is 11.1. The number of hydrogen-bond donors (Lipinski definition) is 2. The molecule has 0 saturated heterocycles. The number of aromatic carboxylic acids is 1. The second-order valence-electron chi connectivity index (χ2n) is 8.72. The highest BCUT2D eigenvalue weighted by atomic mass is 35.5. The molecule has 1 saturated carbocycles. The van der Waals surface area contributed by atoms with Crippen molar-refractivity contribution < 1.29 is 19.8 Å². The zero-order valence-electron chi connectivity index (χ0n) is 19.2. The maximum Gasteiger partial charge on any atom is 0.339 e. The lowest BCUT2D eigenvalue weighted by Gasteiger charge is -2.30. The van der Waals surface area contributed by atoms with Crippen molar-refractivity contribution in [2.75, 3.05) is 4.90 Å². The van der Waals surface area contributed by atoms with Crippen LogP contribution in [0.2, 0.25) is 5.02 Å². The van der Waals surface area contributed by atoms with Gasteiger partial charge in [-0.15, -0.1) is 0 Å². The normalized spacial score (nSPS) is 13.5. The molecule has 35 heavy (non-hydrogen) atoms. The summed E-state index contributed by atoms with van der Waals surface area (Å²) in [4.78, 5) is 26.7. The molecular weight excluding hydrogens is 462 g/mol. The van der Waals surface area contributed by atoms with E-state index in [0.717, 1.165) is 48.8 Å². The Kier molecular flexibility index (Phi) is 7.74. The van der Waals surface area contributed by atoms with Crippen LogP contribution in [0.1, 0.15) is 59.2 Å². The summed E-state index contributed by atoms with van der Waals surface area (Å²) in [7, 11) is 0. The molecule has 0 aliphatic heterocycles. The SMILES string of the molecule is O=C(O)c1cc(N(Cc2ccc(C#Cc3ccc(Cl)cc3)cc2)C(=O)C2CCCCC2)ccc1O. The van der Waals surface area contributed by atoms with Gasteiger partial charge in [-0.2, -0.15) is 0 Å². The molecule has 6 heteroatoms. The van der Waals surface area contributed by atoms with Gasteiger partial charge in [-0.05, 0) is 73.0 Å². The molecular formula is C29H26ClNO4. The van der Waals surface area contributed by atoms with E-state index in [2.05, 4.69) is 11.8 Å². The molecule has 1 fully saturated rings. The third kappa shape index (κ3) is 6.23. The van der Waals surface area contributed by atoms with Crippen molar-refractivity contribution in [2.24, 2.45) is 5.92 Å². The number of carboxylic acid groups (broad SMARTS) is 1. The molecule has 0 atom stereocenters. The number of amides is 1. The number of benzene rings is 3. The Labute approximate surface area is 210 Å². The fraction of sp³-hybridized carbons (Fsp3) is 0.241. The third-order valence-corrected chi connectivity index (χ3v) is 6.48. The summed E-state index contributed by atoms with van der Waals surface area (Å²) >= 11 is 5.92. The monoisotopic (exact) mass is 487 g/mol. The number of aromatic hydroxyl groups is 1. The lowest BCUT2D eigenvalue weighted by molar-refractivity contribution is -0.123. The minimum Gasteiger partial charge on any atom is -0.507 e. The summed E-state index contributed by atoms with van der Waals surface area (Å²) in [5.74, 6) is 4.57. The standard InChI is InChI=1S/C29H26ClNO4/c30-24-14-12-21(13-15-24)7-6-20-8-10-22(11-9-20)19-31(28(33)23-4-2-1-3-5-23)25-16-17-27(32)26(18-25)29(34)35/h8-18,23,32H,1-5,19H2,(H,34,35). The molecule has 1 aliphatic carbocycles. The van der Waals surface area contributed by atoms with E-state index in [1.807, 2.05) is 36.4 Å². The van der Waals surface area contributed by atoms with Gasteiger partial charge in [0.05, 0.1) is 6.54 Å². The number of halogens is 1. The molecule has 178 valence electrons. The van der Waals surface area contributed by atoms with Crippen LogP contribution in [-0.2, 0) is 11.3 Å². The largest absolute Gasteiger partial charge is 0.507 e. The number of carbonyl (C=O) groups is 2. The van der Waals surface area contributed by atoms with Crippen molar-refractivity contribution in [2.45, 2.75) is 38.6 Å². The smallest absolute Gasteiger partial charge is 0.339 e. The predicted octanol–water partition coefficient (Wildman–Crippen LogP) is 6.26. The highest BCUT2D eigenvalue weighted by Gasteiger charge is 2.28. The Balaban J connectivity index is 1.58. The molecule has 2 N–H and O–H groups in total. The number of nitrogens with zero attached hydrogens (tertiary/aromatic N) is 1. The van der Waals surface area contributed by atoms with E-state index in [1.54, 1.807) is 23.1 Å². The lowest BCUT2D eigenvalue weighted by atomic mass is 9.88. The number of carboxylic acids is 1. The Hall–Kier alpha value is -3.75. The van der Waals surface area contributed by atoms with Crippen LogP contribution in [-0.4, -0.2) is 22.1 Å². The van der Waals surface area contributed by atoms with Crippen molar-refractivity contribution in [3.8, 4) is 17.6 Å². The maximum absolute atomic E-state index is 13.5. The quantitative estimate of drug-likeness (QED) is 0.416. The molecule has 3 aromatic rings. The van der Waals surface area contributed by atoms with Gasteiger partial charge < -0.3 is 15.1 Å². The highest BCUT2D eigenvalue weighted by molar-refractivity contribution is 6.30. The molecule has 0 bridgehead atoms. The van der Waals surface area contributed by atoms with Gasteiger partial charge in [0.2, 0.25) is 5.91 Å².